The van der Waals surface area contributed by atoms with Crippen LogP contribution in [0.4, 0.5) is 18.9 Å². The molecule has 0 aromatic heterocycles. The van der Waals surface area contributed by atoms with Crippen LogP contribution < -0.4 is 16.2 Å². The number of halogens is 4. The van der Waals surface area contributed by atoms with Gasteiger partial charge in [0.25, 0.3) is 0 Å². The number of hydrogen-bond donors (Lipinski definition) is 2. The highest BCUT2D eigenvalue weighted by Gasteiger charge is 2.31. The van der Waals surface area contributed by atoms with Gasteiger partial charge in [0.2, 0.25) is 0 Å². The molecule has 0 aliphatic heterocycles. The molecule has 0 aliphatic carbocycles. The SMILES string of the molecule is NCc1c(N)cc(OC(F)(F)F)cc1Br. The van der Waals surface area contributed by atoms with Gasteiger partial charge in [-0.2, -0.15) is 0 Å². The highest BCUT2D eigenvalue weighted by molar-refractivity contribution is 9.10. The van der Waals surface area contributed by atoms with Crippen molar-refractivity contribution < 1.29 is 17.9 Å². The summed E-state index contributed by atoms with van der Waals surface area (Å²) < 4.78 is 39.8. The Labute approximate surface area is 92.3 Å². The first-order valence-corrected chi connectivity index (χ1v) is 4.66. The van der Waals surface area contributed by atoms with Crippen LogP contribution in [0.15, 0.2) is 16.6 Å². The van der Waals surface area contributed by atoms with Gasteiger partial charge in [0, 0.05) is 28.3 Å². The molecule has 0 fully saturated rings. The standard InChI is InChI=1S/C8H8BrF3N2O/c9-6-1-4(15-8(10,11)12)2-7(14)5(6)3-13/h1-2H,3,13-14H2. The molecule has 15 heavy (non-hydrogen) atoms. The number of nitrogens with two attached hydrogens (primary N) is 2. The molecular formula is C8H8BrF3N2O. The van der Waals surface area contributed by atoms with Crippen LogP contribution in [0.2, 0.25) is 0 Å². The van der Waals surface area contributed by atoms with Crippen molar-refractivity contribution in [2.24, 2.45) is 5.73 Å². The first kappa shape index (κ1) is 12.1. The maximum absolute atomic E-state index is 11.9. The lowest BCUT2D eigenvalue weighted by Crippen LogP contribution is -2.17. The van der Waals surface area contributed by atoms with E-state index in [-0.39, 0.29) is 18.0 Å². The fourth-order valence-corrected chi connectivity index (χ4v) is 1.66. The van der Waals surface area contributed by atoms with Gasteiger partial charge in [-0.15, -0.1) is 13.2 Å². The van der Waals surface area contributed by atoms with E-state index in [1.54, 1.807) is 0 Å². The Morgan fingerprint density at radius 1 is 1.33 bits per heavy atom. The normalized spacial score (nSPS) is 11.5. The number of alkyl halides is 3. The van der Waals surface area contributed by atoms with E-state index in [1.165, 1.54) is 6.07 Å². The first-order chi connectivity index (χ1) is 6.83. The van der Waals surface area contributed by atoms with Crippen LogP contribution in [-0.4, -0.2) is 6.36 Å². The summed E-state index contributed by atoms with van der Waals surface area (Å²) in [6, 6.07) is 2.26. The van der Waals surface area contributed by atoms with Crippen LogP contribution >= 0.6 is 15.9 Å². The number of hydrogen-bond acceptors (Lipinski definition) is 3. The summed E-state index contributed by atoms with van der Waals surface area (Å²) in [5.41, 5.74) is 11.6. The molecule has 0 unspecified atom stereocenters. The maximum atomic E-state index is 11.9. The Balaban J connectivity index is 3.04. The fourth-order valence-electron chi connectivity index (χ4n) is 1.04. The van der Waals surface area contributed by atoms with Gasteiger partial charge in [0.1, 0.15) is 5.75 Å². The first-order valence-electron chi connectivity index (χ1n) is 3.87. The minimum absolute atomic E-state index is 0.138. The molecule has 0 spiro atoms. The number of anilines is 1. The van der Waals surface area contributed by atoms with E-state index in [1.807, 2.05) is 0 Å². The molecule has 4 N–H and O–H groups in total. The molecule has 1 aromatic carbocycles. The van der Waals surface area contributed by atoms with Crippen molar-refractivity contribution in [2.45, 2.75) is 12.9 Å². The van der Waals surface area contributed by atoms with E-state index in [4.69, 9.17) is 11.5 Å². The van der Waals surface area contributed by atoms with Crippen LogP contribution in [0.25, 0.3) is 0 Å². The van der Waals surface area contributed by atoms with Gasteiger partial charge in [-0.25, -0.2) is 0 Å². The predicted octanol–water partition coefficient (Wildman–Crippen LogP) is 2.39. The highest BCUT2D eigenvalue weighted by atomic mass is 79.9. The molecule has 0 saturated carbocycles. The molecule has 0 aliphatic rings. The van der Waals surface area contributed by atoms with Crippen molar-refractivity contribution >= 4 is 21.6 Å². The number of rotatable bonds is 2. The van der Waals surface area contributed by atoms with Crippen molar-refractivity contribution in [3.8, 4) is 5.75 Å². The van der Waals surface area contributed by atoms with E-state index in [0.29, 0.717) is 10.0 Å². The third-order valence-corrected chi connectivity index (χ3v) is 2.35. The lowest BCUT2D eigenvalue weighted by atomic mass is 10.2. The van der Waals surface area contributed by atoms with E-state index in [2.05, 4.69) is 20.7 Å². The van der Waals surface area contributed by atoms with Gasteiger partial charge >= 0.3 is 6.36 Å². The minimum atomic E-state index is -4.73. The topological polar surface area (TPSA) is 61.3 Å². The van der Waals surface area contributed by atoms with Crippen molar-refractivity contribution in [1.82, 2.24) is 0 Å². The average molecular weight is 285 g/mol. The summed E-state index contributed by atoms with van der Waals surface area (Å²) in [7, 11) is 0. The maximum Gasteiger partial charge on any atom is 0.573 e. The van der Waals surface area contributed by atoms with Crippen LogP contribution in [0, 0.1) is 0 Å². The predicted molar refractivity (Wildman–Crippen MR) is 53.1 cm³/mol. The summed E-state index contributed by atoms with van der Waals surface area (Å²) in [6.45, 7) is 0.138. The van der Waals surface area contributed by atoms with E-state index in [9.17, 15) is 13.2 Å². The summed E-state index contributed by atoms with van der Waals surface area (Å²) in [5.74, 6) is -0.371. The van der Waals surface area contributed by atoms with Crippen LogP contribution in [-0.2, 0) is 6.54 Å². The summed E-state index contributed by atoms with van der Waals surface area (Å²) in [6.07, 6.45) is -4.73. The molecular weight excluding hydrogens is 277 g/mol. The summed E-state index contributed by atoms with van der Waals surface area (Å²) in [5, 5.41) is 0. The molecule has 7 heteroatoms. The molecule has 3 nitrogen and oxygen atoms in total. The Bertz CT molecular complexity index is 344. The number of ether oxygens (including phenoxy) is 1. The molecule has 0 radical (unpaired) electrons. The van der Waals surface area contributed by atoms with E-state index < -0.39 is 6.36 Å². The second kappa shape index (κ2) is 4.28. The lowest BCUT2D eigenvalue weighted by molar-refractivity contribution is -0.274. The molecule has 0 atom stereocenters. The van der Waals surface area contributed by atoms with Gasteiger partial charge in [-0.3, -0.25) is 0 Å². The third-order valence-electron chi connectivity index (χ3n) is 1.64. The molecule has 1 rings (SSSR count). The van der Waals surface area contributed by atoms with Gasteiger partial charge in [-0.05, 0) is 6.07 Å². The van der Waals surface area contributed by atoms with E-state index >= 15 is 0 Å². The second-order valence-corrected chi connectivity index (χ2v) is 3.58. The van der Waals surface area contributed by atoms with E-state index in [0.717, 1.165) is 6.07 Å². The van der Waals surface area contributed by atoms with Gasteiger partial charge < -0.3 is 16.2 Å². The smallest absolute Gasteiger partial charge is 0.406 e. The Hall–Kier alpha value is -0.950. The lowest BCUT2D eigenvalue weighted by Gasteiger charge is -2.12. The summed E-state index contributed by atoms with van der Waals surface area (Å²) >= 11 is 3.06. The monoisotopic (exact) mass is 284 g/mol. The Morgan fingerprint density at radius 3 is 2.33 bits per heavy atom. The van der Waals surface area contributed by atoms with Crippen molar-refractivity contribution in [2.75, 3.05) is 5.73 Å². The third kappa shape index (κ3) is 3.28. The minimum Gasteiger partial charge on any atom is -0.406 e. The van der Waals surface area contributed by atoms with Crippen LogP contribution in [0.3, 0.4) is 0 Å². The summed E-state index contributed by atoms with van der Waals surface area (Å²) in [4.78, 5) is 0. The molecule has 0 heterocycles. The molecule has 0 saturated heterocycles. The van der Waals surface area contributed by atoms with Gasteiger partial charge in [0.15, 0.2) is 0 Å². The Morgan fingerprint density at radius 2 is 1.93 bits per heavy atom. The van der Waals surface area contributed by atoms with Gasteiger partial charge in [-0.1, -0.05) is 15.9 Å². The van der Waals surface area contributed by atoms with Crippen molar-refractivity contribution in [3.05, 3.63) is 22.2 Å². The molecule has 1 aromatic rings. The zero-order chi connectivity index (χ0) is 11.6. The average Bonchev–Trinajstić information content (AvgIpc) is 1.99. The van der Waals surface area contributed by atoms with Crippen LogP contribution in [0.5, 0.6) is 5.75 Å². The Kier molecular flexibility index (Phi) is 3.46. The molecule has 0 bridgehead atoms. The zero-order valence-electron chi connectivity index (χ0n) is 7.44. The number of benzene rings is 1. The van der Waals surface area contributed by atoms with Crippen molar-refractivity contribution in [3.63, 3.8) is 0 Å². The largest absolute Gasteiger partial charge is 0.573 e. The molecule has 84 valence electrons. The zero-order valence-corrected chi connectivity index (χ0v) is 9.02. The number of nitrogen functional groups attached to an aromatic ring is 1. The van der Waals surface area contributed by atoms with Crippen LogP contribution in [0.1, 0.15) is 5.56 Å². The van der Waals surface area contributed by atoms with Crippen molar-refractivity contribution in [1.29, 1.82) is 0 Å². The highest BCUT2D eigenvalue weighted by Crippen LogP contribution is 2.31. The second-order valence-electron chi connectivity index (χ2n) is 2.72. The fraction of sp³-hybridized carbons (Fsp3) is 0.250. The quantitative estimate of drug-likeness (QED) is 0.820. The molecule has 0 amide bonds. The van der Waals surface area contributed by atoms with Gasteiger partial charge in [0.05, 0.1) is 0 Å².